The fourth-order valence-corrected chi connectivity index (χ4v) is 2.39. The molecular weight excluding hydrogens is 242 g/mol. The van der Waals surface area contributed by atoms with Crippen molar-refractivity contribution >= 4 is 11.8 Å². The lowest BCUT2D eigenvalue weighted by atomic mass is 9.75. The lowest BCUT2D eigenvalue weighted by Gasteiger charge is -2.34. The number of methoxy groups -OCH3 is 1. The van der Waals surface area contributed by atoms with Crippen LogP contribution in [0.25, 0.3) is 0 Å². The minimum absolute atomic E-state index is 0.239. The smallest absolute Gasteiger partial charge is 0.358 e. The Morgan fingerprint density at radius 3 is 2.68 bits per heavy atom. The highest BCUT2D eigenvalue weighted by Gasteiger charge is 2.26. The summed E-state index contributed by atoms with van der Waals surface area (Å²) in [5.74, 6) is 0.188. The first kappa shape index (κ1) is 13.8. The average Bonchev–Trinajstić information content (AvgIpc) is 2.41. The number of nitrogens with zero attached hydrogens (tertiary/aromatic N) is 2. The predicted octanol–water partition coefficient (Wildman–Crippen LogP) is 2.64. The minimum atomic E-state index is -0.457. The van der Waals surface area contributed by atoms with Crippen molar-refractivity contribution in [3.8, 4) is 0 Å². The van der Waals surface area contributed by atoms with Crippen LogP contribution in [0.15, 0.2) is 12.4 Å². The van der Waals surface area contributed by atoms with Gasteiger partial charge in [0.25, 0.3) is 0 Å². The van der Waals surface area contributed by atoms with E-state index in [2.05, 4.69) is 33.9 Å². The second-order valence-corrected chi connectivity index (χ2v) is 5.86. The molecule has 0 amide bonds. The van der Waals surface area contributed by atoms with Gasteiger partial charge in [-0.1, -0.05) is 13.8 Å². The van der Waals surface area contributed by atoms with Crippen molar-refractivity contribution in [1.82, 2.24) is 9.97 Å². The van der Waals surface area contributed by atoms with E-state index in [4.69, 9.17) is 0 Å². The van der Waals surface area contributed by atoms with E-state index in [1.165, 1.54) is 26.1 Å². The van der Waals surface area contributed by atoms with E-state index >= 15 is 0 Å². The first-order chi connectivity index (χ1) is 9.00. The van der Waals surface area contributed by atoms with Crippen LogP contribution in [0.5, 0.6) is 0 Å². The molecule has 1 fully saturated rings. The molecule has 1 saturated carbocycles. The van der Waals surface area contributed by atoms with Crippen molar-refractivity contribution in [1.29, 1.82) is 0 Å². The molecule has 1 aliphatic carbocycles. The molecule has 5 nitrogen and oxygen atoms in total. The molecule has 19 heavy (non-hydrogen) atoms. The molecule has 0 bridgehead atoms. The zero-order valence-electron chi connectivity index (χ0n) is 11.8. The topological polar surface area (TPSA) is 64.1 Å². The number of hydrogen-bond donors (Lipinski definition) is 1. The van der Waals surface area contributed by atoms with Crippen LogP contribution in [0, 0.1) is 5.41 Å². The van der Waals surface area contributed by atoms with E-state index in [1.54, 1.807) is 6.20 Å². The van der Waals surface area contributed by atoms with Crippen LogP contribution in [0.3, 0.4) is 0 Å². The third-order valence-corrected chi connectivity index (χ3v) is 3.72. The van der Waals surface area contributed by atoms with Crippen LogP contribution < -0.4 is 5.32 Å². The Balaban J connectivity index is 1.98. The Labute approximate surface area is 113 Å². The van der Waals surface area contributed by atoms with Crippen LogP contribution in [0.2, 0.25) is 0 Å². The van der Waals surface area contributed by atoms with Gasteiger partial charge < -0.3 is 10.1 Å². The van der Waals surface area contributed by atoms with E-state index in [9.17, 15) is 4.79 Å². The van der Waals surface area contributed by atoms with Crippen molar-refractivity contribution in [2.24, 2.45) is 5.41 Å². The number of hydrogen-bond acceptors (Lipinski definition) is 5. The molecule has 5 heteroatoms. The van der Waals surface area contributed by atoms with Crippen LogP contribution in [-0.2, 0) is 4.74 Å². The summed E-state index contributed by atoms with van der Waals surface area (Å²) in [5, 5.41) is 3.36. The summed E-state index contributed by atoms with van der Waals surface area (Å²) in [5.41, 5.74) is 0.682. The molecule has 0 spiro atoms. The summed E-state index contributed by atoms with van der Waals surface area (Å²) >= 11 is 0. The molecule has 1 aliphatic rings. The molecule has 0 atom stereocenters. The van der Waals surface area contributed by atoms with Crippen molar-refractivity contribution < 1.29 is 9.53 Å². The number of ether oxygens (including phenoxy) is 1. The van der Waals surface area contributed by atoms with Gasteiger partial charge in [0, 0.05) is 6.04 Å². The third-order valence-electron chi connectivity index (χ3n) is 3.72. The molecule has 2 rings (SSSR count). The van der Waals surface area contributed by atoms with E-state index in [-0.39, 0.29) is 5.69 Å². The van der Waals surface area contributed by atoms with Crippen molar-refractivity contribution in [2.45, 2.75) is 45.6 Å². The van der Waals surface area contributed by atoms with Crippen molar-refractivity contribution in [3.63, 3.8) is 0 Å². The van der Waals surface area contributed by atoms with Gasteiger partial charge in [-0.05, 0) is 31.1 Å². The van der Waals surface area contributed by atoms with Gasteiger partial charge in [0.15, 0.2) is 5.69 Å². The molecule has 104 valence electrons. The van der Waals surface area contributed by atoms with Crippen LogP contribution in [0.1, 0.15) is 50.0 Å². The Morgan fingerprint density at radius 2 is 2.05 bits per heavy atom. The molecule has 0 radical (unpaired) electrons. The zero-order chi connectivity index (χ0) is 13.9. The normalized spacial score (nSPS) is 18.9. The van der Waals surface area contributed by atoms with Crippen LogP contribution in [-0.4, -0.2) is 29.1 Å². The largest absolute Gasteiger partial charge is 0.464 e. The summed E-state index contributed by atoms with van der Waals surface area (Å²) in [6, 6.07) is 0.412. The number of nitrogens with one attached hydrogen (secondary N) is 1. The average molecular weight is 263 g/mol. The fraction of sp³-hybridized carbons (Fsp3) is 0.643. The van der Waals surface area contributed by atoms with Gasteiger partial charge in [0.1, 0.15) is 5.82 Å². The van der Waals surface area contributed by atoms with Crippen LogP contribution >= 0.6 is 0 Å². The zero-order valence-corrected chi connectivity index (χ0v) is 11.8. The van der Waals surface area contributed by atoms with Gasteiger partial charge in [-0.25, -0.2) is 9.78 Å². The monoisotopic (exact) mass is 263 g/mol. The molecule has 1 heterocycles. The maximum atomic E-state index is 11.4. The lowest BCUT2D eigenvalue weighted by molar-refractivity contribution is 0.0593. The minimum Gasteiger partial charge on any atom is -0.464 e. The number of anilines is 1. The summed E-state index contributed by atoms with van der Waals surface area (Å²) in [6.07, 6.45) is 7.71. The highest BCUT2D eigenvalue weighted by molar-refractivity contribution is 5.87. The van der Waals surface area contributed by atoms with Gasteiger partial charge in [-0.15, -0.1) is 0 Å². The summed E-state index contributed by atoms with van der Waals surface area (Å²) < 4.78 is 4.64. The maximum Gasteiger partial charge on any atom is 0.358 e. The van der Waals surface area contributed by atoms with E-state index in [0.717, 1.165) is 12.8 Å². The molecule has 1 N–H and O–H groups in total. The highest BCUT2D eigenvalue weighted by Crippen LogP contribution is 2.35. The van der Waals surface area contributed by atoms with E-state index < -0.39 is 5.97 Å². The third kappa shape index (κ3) is 3.66. The second-order valence-electron chi connectivity index (χ2n) is 5.86. The van der Waals surface area contributed by atoms with Gasteiger partial charge in [0.2, 0.25) is 0 Å². The number of esters is 1. The van der Waals surface area contributed by atoms with Crippen LogP contribution in [0.4, 0.5) is 5.82 Å². The molecule has 0 aromatic carbocycles. The summed E-state index contributed by atoms with van der Waals surface area (Å²) in [6.45, 7) is 4.61. The summed E-state index contributed by atoms with van der Waals surface area (Å²) in [7, 11) is 1.34. The standard InChI is InChI=1S/C14H21N3O2/c1-14(2)6-4-10(5-7-14)16-12-9-15-8-11(17-12)13(18)19-3/h8-10H,4-7H2,1-3H3,(H,16,17). The highest BCUT2D eigenvalue weighted by atomic mass is 16.5. The quantitative estimate of drug-likeness (QED) is 0.849. The van der Waals surface area contributed by atoms with Gasteiger partial charge >= 0.3 is 5.97 Å². The predicted molar refractivity (Wildman–Crippen MR) is 73.0 cm³/mol. The molecule has 0 aliphatic heterocycles. The van der Waals surface area contributed by atoms with Gasteiger partial charge in [0.05, 0.1) is 19.5 Å². The number of rotatable bonds is 3. The molecular formula is C14H21N3O2. The Kier molecular flexibility index (Phi) is 4.02. The van der Waals surface area contributed by atoms with E-state index in [0.29, 0.717) is 17.3 Å². The number of carbonyl (C=O) groups is 1. The fourth-order valence-electron chi connectivity index (χ4n) is 2.39. The first-order valence-electron chi connectivity index (χ1n) is 6.67. The summed E-state index contributed by atoms with van der Waals surface area (Å²) in [4.78, 5) is 19.6. The number of aromatic nitrogens is 2. The van der Waals surface area contributed by atoms with Crippen molar-refractivity contribution in [2.75, 3.05) is 12.4 Å². The number of carbonyl (C=O) groups excluding carboxylic acids is 1. The maximum absolute atomic E-state index is 11.4. The van der Waals surface area contributed by atoms with Gasteiger partial charge in [-0.3, -0.25) is 4.98 Å². The Morgan fingerprint density at radius 1 is 1.37 bits per heavy atom. The van der Waals surface area contributed by atoms with E-state index in [1.807, 2.05) is 0 Å². The van der Waals surface area contributed by atoms with Crippen molar-refractivity contribution in [3.05, 3.63) is 18.1 Å². The lowest BCUT2D eigenvalue weighted by Crippen LogP contribution is -2.30. The second kappa shape index (κ2) is 5.55. The molecule has 1 aromatic heterocycles. The SMILES string of the molecule is COC(=O)c1cncc(NC2CCC(C)(C)CC2)n1. The van der Waals surface area contributed by atoms with Gasteiger partial charge in [-0.2, -0.15) is 0 Å². The molecule has 0 unspecified atom stereocenters. The Hall–Kier alpha value is -1.65. The molecule has 1 aromatic rings. The molecule has 0 saturated heterocycles. The first-order valence-corrected chi connectivity index (χ1v) is 6.67. The Bertz CT molecular complexity index is 450.